The van der Waals surface area contributed by atoms with Crippen molar-refractivity contribution in [2.45, 2.75) is 33.3 Å². The summed E-state index contributed by atoms with van der Waals surface area (Å²) in [5.74, 6) is 0.665. The van der Waals surface area contributed by atoms with Crippen molar-refractivity contribution in [3.8, 4) is 11.4 Å². The molecule has 1 aromatic carbocycles. The molecule has 0 saturated heterocycles. The molecule has 0 radical (unpaired) electrons. The maximum absolute atomic E-state index is 13.2. The third-order valence-corrected chi connectivity index (χ3v) is 3.04. The average Bonchev–Trinajstić information content (AvgIpc) is 2.81. The fraction of sp³-hybridized carbons (Fsp3) is 0.429. The summed E-state index contributed by atoms with van der Waals surface area (Å²) in [5.41, 5.74) is 1.24. The maximum atomic E-state index is 13.2. The van der Waals surface area contributed by atoms with Gasteiger partial charge in [0.15, 0.2) is 0 Å². The lowest BCUT2D eigenvalue weighted by atomic mass is 10.0. The second kappa shape index (κ2) is 5.48. The summed E-state index contributed by atoms with van der Waals surface area (Å²) >= 11 is 0. The van der Waals surface area contributed by atoms with Gasteiger partial charge in [0.1, 0.15) is 5.82 Å². The Balaban J connectivity index is 2.18. The number of benzene rings is 1. The standard InChI is InChI=1S/C14H17FN2O2/c1-8(2)12(18)7-13-16-14(17-19-13)10-4-5-11(15)9(3)6-10/h4-6,8,12,18H,7H2,1-3H3. The first kappa shape index (κ1) is 13.7. The fourth-order valence-electron chi connectivity index (χ4n) is 1.65. The van der Waals surface area contributed by atoms with Gasteiger partial charge in [0.25, 0.3) is 0 Å². The number of rotatable bonds is 4. The third-order valence-electron chi connectivity index (χ3n) is 3.04. The molecule has 2 aromatic rings. The summed E-state index contributed by atoms with van der Waals surface area (Å²) < 4.78 is 18.3. The first-order valence-electron chi connectivity index (χ1n) is 6.24. The lowest BCUT2D eigenvalue weighted by molar-refractivity contribution is 0.116. The van der Waals surface area contributed by atoms with Crippen molar-refractivity contribution in [2.75, 3.05) is 0 Å². The van der Waals surface area contributed by atoms with Crippen LogP contribution in [0.3, 0.4) is 0 Å². The Morgan fingerprint density at radius 3 is 2.74 bits per heavy atom. The van der Waals surface area contributed by atoms with Crippen molar-refractivity contribution < 1.29 is 14.0 Å². The predicted octanol–water partition coefficient (Wildman–Crippen LogP) is 2.74. The monoisotopic (exact) mass is 264 g/mol. The summed E-state index contributed by atoms with van der Waals surface area (Å²) in [5, 5.41) is 13.6. The molecule has 1 heterocycles. The smallest absolute Gasteiger partial charge is 0.229 e. The fourth-order valence-corrected chi connectivity index (χ4v) is 1.65. The quantitative estimate of drug-likeness (QED) is 0.922. The van der Waals surface area contributed by atoms with Gasteiger partial charge in [-0.05, 0) is 36.6 Å². The molecule has 1 atom stereocenters. The molecule has 2 rings (SSSR count). The van der Waals surface area contributed by atoms with Gasteiger partial charge in [-0.1, -0.05) is 19.0 Å². The van der Waals surface area contributed by atoms with Gasteiger partial charge in [-0.15, -0.1) is 0 Å². The van der Waals surface area contributed by atoms with Crippen molar-refractivity contribution in [3.63, 3.8) is 0 Å². The van der Waals surface area contributed by atoms with Gasteiger partial charge in [0, 0.05) is 5.56 Å². The molecule has 0 spiro atoms. The van der Waals surface area contributed by atoms with Crippen molar-refractivity contribution in [2.24, 2.45) is 5.92 Å². The highest BCUT2D eigenvalue weighted by atomic mass is 19.1. The van der Waals surface area contributed by atoms with Crippen molar-refractivity contribution in [1.82, 2.24) is 10.1 Å². The zero-order valence-electron chi connectivity index (χ0n) is 11.2. The van der Waals surface area contributed by atoms with Crippen molar-refractivity contribution in [3.05, 3.63) is 35.5 Å². The van der Waals surface area contributed by atoms with Crippen molar-refractivity contribution >= 4 is 0 Å². The maximum Gasteiger partial charge on any atom is 0.229 e. The number of hydrogen-bond acceptors (Lipinski definition) is 4. The molecule has 0 saturated carbocycles. The summed E-state index contributed by atoms with van der Waals surface area (Å²) in [6.07, 6.45) is -0.187. The minimum atomic E-state index is -0.511. The van der Waals surface area contributed by atoms with Gasteiger partial charge in [0.05, 0.1) is 12.5 Å². The molecule has 0 bridgehead atoms. The lowest BCUT2D eigenvalue weighted by Gasteiger charge is -2.10. The van der Waals surface area contributed by atoms with Crippen LogP contribution < -0.4 is 0 Å². The predicted molar refractivity (Wildman–Crippen MR) is 69.0 cm³/mol. The second-order valence-electron chi connectivity index (χ2n) is 4.99. The van der Waals surface area contributed by atoms with E-state index in [1.54, 1.807) is 19.1 Å². The number of aromatic nitrogens is 2. The molecule has 4 nitrogen and oxygen atoms in total. The van der Waals surface area contributed by atoms with E-state index in [4.69, 9.17) is 4.52 Å². The molecule has 0 amide bonds. The number of halogens is 1. The number of hydrogen-bond donors (Lipinski definition) is 1. The number of aliphatic hydroxyl groups is 1. The number of aliphatic hydroxyl groups excluding tert-OH is 1. The Bertz CT molecular complexity index is 566. The van der Waals surface area contributed by atoms with E-state index < -0.39 is 6.10 Å². The topological polar surface area (TPSA) is 59.2 Å². The highest BCUT2D eigenvalue weighted by Gasteiger charge is 2.16. The van der Waals surface area contributed by atoms with E-state index in [9.17, 15) is 9.50 Å². The molecule has 0 fully saturated rings. The molecule has 1 N–H and O–H groups in total. The van der Waals surface area contributed by atoms with Crippen LogP contribution in [0.2, 0.25) is 0 Å². The molecule has 1 unspecified atom stereocenters. The van der Waals surface area contributed by atoms with Crippen LogP contribution in [0, 0.1) is 18.7 Å². The van der Waals surface area contributed by atoms with Crippen LogP contribution in [0.15, 0.2) is 22.7 Å². The van der Waals surface area contributed by atoms with Crippen LogP contribution in [0.5, 0.6) is 0 Å². The third kappa shape index (κ3) is 3.17. The second-order valence-corrected chi connectivity index (χ2v) is 4.99. The van der Waals surface area contributed by atoms with Crippen LogP contribution in [0.25, 0.3) is 11.4 Å². The van der Waals surface area contributed by atoms with Crippen LogP contribution in [0.4, 0.5) is 4.39 Å². The van der Waals surface area contributed by atoms with Gasteiger partial charge in [-0.25, -0.2) is 4.39 Å². The Morgan fingerprint density at radius 2 is 2.11 bits per heavy atom. The minimum Gasteiger partial charge on any atom is -0.392 e. The Morgan fingerprint density at radius 1 is 1.37 bits per heavy atom. The molecule has 0 aliphatic carbocycles. The molecular formula is C14H17FN2O2. The SMILES string of the molecule is Cc1cc(-c2noc(CC(O)C(C)C)n2)ccc1F. The molecule has 0 aliphatic heterocycles. The first-order chi connectivity index (χ1) is 8.97. The zero-order chi connectivity index (χ0) is 14.0. The van der Waals surface area contributed by atoms with Gasteiger partial charge in [-0.2, -0.15) is 4.98 Å². The van der Waals surface area contributed by atoms with Crippen LogP contribution in [-0.2, 0) is 6.42 Å². The summed E-state index contributed by atoms with van der Waals surface area (Å²) in [6.45, 7) is 5.53. The summed E-state index contributed by atoms with van der Waals surface area (Å²) in [7, 11) is 0. The zero-order valence-corrected chi connectivity index (χ0v) is 11.2. The Kier molecular flexibility index (Phi) is 3.95. The molecule has 19 heavy (non-hydrogen) atoms. The Hall–Kier alpha value is -1.75. The van der Waals surface area contributed by atoms with E-state index in [-0.39, 0.29) is 11.7 Å². The van der Waals surface area contributed by atoms with Gasteiger partial charge < -0.3 is 9.63 Å². The largest absolute Gasteiger partial charge is 0.392 e. The van der Waals surface area contributed by atoms with Gasteiger partial charge in [0.2, 0.25) is 11.7 Å². The van der Waals surface area contributed by atoms with Gasteiger partial charge in [-0.3, -0.25) is 0 Å². The van der Waals surface area contributed by atoms with Crippen LogP contribution in [-0.4, -0.2) is 21.4 Å². The van der Waals surface area contributed by atoms with E-state index in [0.717, 1.165) is 0 Å². The summed E-state index contributed by atoms with van der Waals surface area (Å²) in [4.78, 5) is 4.21. The lowest BCUT2D eigenvalue weighted by Crippen LogP contribution is -2.17. The van der Waals surface area contributed by atoms with Crippen LogP contribution >= 0.6 is 0 Å². The van der Waals surface area contributed by atoms with E-state index in [1.807, 2.05) is 13.8 Å². The average molecular weight is 264 g/mol. The number of nitrogens with zero attached hydrogens (tertiary/aromatic N) is 2. The first-order valence-corrected chi connectivity index (χ1v) is 6.24. The van der Waals surface area contributed by atoms with Crippen molar-refractivity contribution in [1.29, 1.82) is 0 Å². The van der Waals surface area contributed by atoms with E-state index in [2.05, 4.69) is 10.1 Å². The molecule has 102 valence electrons. The normalized spacial score (nSPS) is 12.9. The van der Waals surface area contributed by atoms with E-state index in [1.165, 1.54) is 6.07 Å². The van der Waals surface area contributed by atoms with Crippen LogP contribution in [0.1, 0.15) is 25.3 Å². The molecule has 5 heteroatoms. The summed E-state index contributed by atoms with van der Waals surface area (Å²) in [6, 6.07) is 4.66. The highest BCUT2D eigenvalue weighted by molar-refractivity contribution is 5.55. The van der Waals surface area contributed by atoms with E-state index >= 15 is 0 Å². The van der Waals surface area contributed by atoms with Gasteiger partial charge >= 0.3 is 0 Å². The number of aryl methyl sites for hydroxylation is 1. The Labute approximate surface area is 111 Å². The molecule has 0 aliphatic rings. The van der Waals surface area contributed by atoms with E-state index in [0.29, 0.717) is 29.3 Å². The highest BCUT2D eigenvalue weighted by Crippen LogP contribution is 2.20. The molecule has 1 aromatic heterocycles. The minimum absolute atomic E-state index is 0.128. The molecular weight excluding hydrogens is 247 g/mol.